The van der Waals surface area contributed by atoms with Crippen LogP contribution in [-0.2, 0) is 11.2 Å². The van der Waals surface area contributed by atoms with Crippen LogP contribution in [0, 0.1) is 0 Å². The van der Waals surface area contributed by atoms with Gasteiger partial charge in [-0.1, -0.05) is 38.7 Å². The van der Waals surface area contributed by atoms with E-state index < -0.39 is 24.1 Å². The molecule has 30 heavy (non-hydrogen) atoms. The van der Waals surface area contributed by atoms with Crippen molar-refractivity contribution in [1.82, 2.24) is 0 Å². The molecular weight excluding hydrogens is 388 g/mol. The fourth-order valence-corrected chi connectivity index (χ4v) is 4.01. The third kappa shape index (κ3) is 4.62. The van der Waals surface area contributed by atoms with E-state index in [4.69, 9.17) is 4.74 Å². The number of phenols is 3. The molecule has 0 saturated heterocycles. The van der Waals surface area contributed by atoms with Gasteiger partial charge < -0.3 is 30.3 Å². The lowest BCUT2D eigenvalue weighted by Gasteiger charge is -2.33. The molecule has 0 amide bonds. The van der Waals surface area contributed by atoms with Gasteiger partial charge in [-0.05, 0) is 35.7 Å². The van der Waals surface area contributed by atoms with Gasteiger partial charge in [0.05, 0.1) is 12.0 Å². The minimum atomic E-state index is -0.987. The number of hydrogen-bond acceptors (Lipinski definition) is 6. The smallest absolute Gasteiger partial charge is 0.310 e. The highest BCUT2D eigenvalue weighted by Crippen LogP contribution is 2.43. The van der Waals surface area contributed by atoms with Crippen molar-refractivity contribution in [3.05, 3.63) is 47.0 Å². The summed E-state index contributed by atoms with van der Waals surface area (Å²) in [5.41, 5.74) is 1.49. The molecular formula is C23H28O7. The number of rotatable bonds is 8. The molecule has 0 bridgehead atoms. The summed E-state index contributed by atoms with van der Waals surface area (Å²) in [5.74, 6) is -2.17. The number of hydrogen-bond donors (Lipinski definition) is 5. The van der Waals surface area contributed by atoms with E-state index in [-0.39, 0.29) is 23.7 Å². The number of aliphatic carboxylic acids is 1. The number of aromatic hydroxyl groups is 3. The van der Waals surface area contributed by atoms with Crippen LogP contribution in [0.2, 0.25) is 0 Å². The molecule has 5 N–H and O–H groups in total. The zero-order valence-electron chi connectivity index (χ0n) is 16.9. The Balaban J connectivity index is 1.92. The Hall–Kier alpha value is -2.93. The van der Waals surface area contributed by atoms with Crippen molar-refractivity contribution >= 4 is 5.97 Å². The highest BCUT2D eigenvalue weighted by atomic mass is 16.5. The van der Waals surface area contributed by atoms with Crippen LogP contribution in [-0.4, -0.2) is 37.6 Å². The van der Waals surface area contributed by atoms with Crippen LogP contribution in [0.1, 0.15) is 67.7 Å². The first kappa shape index (κ1) is 21.8. The number of aliphatic hydroxyl groups excluding tert-OH is 1. The first-order chi connectivity index (χ1) is 14.3. The molecule has 2 aromatic carbocycles. The van der Waals surface area contributed by atoms with Gasteiger partial charge in [-0.15, -0.1) is 0 Å². The topological polar surface area (TPSA) is 127 Å². The van der Waals surface area contributed by atoms with Gasteiger partial charge in [0, 0.05) is 18.1 Å². The number of fused-ring (bicyclic) bond motifs is 1. The minimum Gasteiger partial charge on any atom is -0.508 e. The highest BCUT2D eigenvalue weighted by molar-refractivity contribution is 5.77. The number of benzene rings is 2. The fourth-order valence-electron chi connectivity index (χ4n) is 4.01. The zero-order valence-corrected chi connectivity index (χ0v) is 16.9. The second-order valence-electron chi connectivity index (χ2n) is 7.81. The molecule has 0 fully saturated rings. The molecule has 1 heterocycles. The van der Waals surface area contributed by atoms with Crippen LogP contribution in [0.25, 0.3) is 0 Å². The van der Waals surface area contributed by atoms with E-state index in [1.165, 1.54) is 30.3 Å². The molecule has 3 rings (SSSR count). The third-order valence-corrected chi connectivity index (χ3v) is 5.59. The monoisotopic (exact) mass is 416 g/mol. The summed E-state index contributed by atoms with van der Waals surface area (Å²) >= 11 is 0. The van der Waals surface area contributed by atoms with Crippen molar-refractivity contribution in [1.29, 1.82) is 0 Å². The predicted molar refractivity (Wildman–Crippen MR) is 110 cm³/mol. The molecule has 7 heteroatoms. The summed E-state index contributed by atoms with van der Waals surface area (Å²) in [7, 11) is 0. The second kappa shape index (κ2) is 9.26. The Morgan fingerprint density at radius 3 is 2.53 bits per heavy atom. The Labute approximate surface area is 175 Å². The molecule has 1 aliphatic rings. The minimum absolute atomic E-state index is 0.104. The van der Waals surface area contributed by atoms with Crippen LogP contribution in [0.15, 0.2) is 30.3 Å². The van der Waals surface area contributed by atoms with Crippen LogP contribution in [0.5, 0.6) is 23.0 Å². The number of carboxylic acid groups (broad SMARTS) is 1. The lowest BCUT2D eigenvalue weighted by molar-refractivity contribution is -0.139. The summed E-state index contributed by atoms with van der Waals surface area (Å²) in [4.78, 5) is 12.0. The van der Waals surface area contributed by atoms with Gasteiger partial charge in [0.15, 0.2) is 11.5 Å². The largest absolute Gasteiger partial charge is 0.508 e. The molecule has 0 saturated carbocycles. The van der Waals surface area contributed by atoms with E-state index in [2.05, 4.69) is 6.92 Å². The number of aliphatic hydroxyl groups is 1. The quantitative estimate of drug-likeness (QED) is 0.325. The molecule has 3 atom stereocenters. The van der Waals surface area contributed by atoms with Crippen molar-refractivity contribution in [3.63, 3.8) is 0 Å². The van der Waals surface area contributed by atoms with E-state index in [1.807, 2.05) is 0 Å². The van der Waals surface area contributed by atoms with Crippen LogP contribution < -0.4 is 4.74 Å². The van der Waals surface area contributed by atoms with Gasteiger partial charge in [-0.2, -0.15) is 0 Å². The van der Waals surface area contributed by atoms with Crippen LogP contribution in [0.3, 0.4) is 0 Å². The first-order valence-electron chi connectivity index (χ1n) is 10.3. The van der Waals surface area contributed by atoms with E-state index in [1.54, 1.807) is 0 Å². The standard InChI is InChI=1S/C23H28O7/c1-2-3-4-5-6-15(23(28)29)16-10-14(24)11-21-17(16)12-20(27)22(30-21)13-7-8-18(25)19(26)9-13/h7-11,15,20,22,24-27H,2-6,12H2,1H3,(H,28,29)/t15-,20-,22?/m1/s1. The first-order valence-corrected chi connectivity index (χ1v) is 10.3. The molecule has 0 radical (unpaired) electrons. The Kier molecular flexibility index (Phi) is 6.72. The van der Waals surface area contributed by atoms with E-state index in [0.717, 1.165) is 25.7 Å². The predicted octanol–water partition coefficient (Wildman–Crippen LogP) is 3.98. The van der Waals surface area contributed by atoms with Crippen molar-refractivity contribution in [3.8, 4) is 23.0 Å². The maximum atomic E-state index is 12.0. The van der Waals surface area contributed by atoms with Gasteiger partial charge in [-0.3, -0.25) is 4.79 Å². The van der Waals surface area contributed by atoms with E-state index in [9.17, 15) is 30.3 Å². The van der Waals surface area contributed by atoms with Gasteiger partial charge in [0.2, 0.25) is 0 Å². The normalized spacial score (nSPS) is 19.0. The molecule has 7 nitrogen and oxygen atoms in total. The lowest BCUT2D eigenvalue weighted by atomic mass is 9.84. The lowest BCUT2D eigenvalue weighted by Crippen LogP contribution is -2.31. The van der Waals surface area contributed by atoms with Crippen LogP contribution >= 0.6 is 0 Å². The van der Waals surface area contributed by atoms with Crippen molar-refractivity contribution < 1.29 is 35.1 Å². The molecule has 162 valence electrons. The van der Waals surface area contributed by atoms with Gasteiger partial charge >= 0.3 is 5.97 Å². The van der Waals surface area contributed by atoms with Crippen LogP contribution in [0.4, 0.5) is 0 Å². The summed E-state index contributed by atoms with van der Waals surface area (Å²) in [6, 6.07) is 7.01. The number of phenolic OH excluding ortho intramolecular Hbond substituents is 3. The SMILES string of the molecule is CCCCCC[C@@H](C(=O)O)c1cc(O)cc2c1C[C@@H](O)C(c1ccc(O)c(O)c1)O2. The molecule has 0 aliphatic carbocycles. The highest BCUT2D eigenvalue weighted by Gasteiger charge is 2.35. The van der Waals surface area contributed by atoms with E-state index in [0.29, 0.717) is 28.9 Å². The van der Waals surface area contributed by atoms with Crippen molar-refractivity contribution in [2.75, 3.05) is 0 Å². The molecule has 2 aromatic rings. The number of carboxylic acids is 1. The Morgan fingerprint density at radius 2 is 1.87 bits per heavy atom. The number of unbranched alkanes of at least 4 members (excludes halogenated alkanes) is 3. The second-order valence-corrected chi connectivity index (χ2v) is 7.81. The number of ether oxygens (including phenoxy) is 1. The summed E-state index contributed by atoms with van der Waals surface area (Å²) in [5, 5.41) is 50.0. The molecule has 0 aromatic heterocycles. The third-order valence-electron chi connectivity index (χ3n) is 5.59. The average molecular weight is 416 g/mol. The van der Waals surface area contributed by atoms with Crippen molar-refractivity contribution in [2.45, 2.75) is 63.6 Å². The summed E-state index contributed by atoms with van der Waals surface area (Å²) in [6.07, 6.45) is 2.56. The van der Waals surface area contributed by atoms with Gasteiger partial charge in [0.25, 0.3) is 0 Å². The Bertz CT molecular complexity index is 909. The van der Waals surface area contributed by atoms with Crippen molar-refractivity contribution in [2.24, 2.45) is 0 Å². The zero-order chi connectivity index (χ0) is 21.8. The summed E-state index contributed by atoms with van der Waals surface area (Å²) in [6.45, 7) is 2.09. The molecule has 0 spiro atoms. The van der Waals surface area contributed by atoms with Gasteiger partial charge in [-0.25, -0.2) is 0 Å². The molecule has 1 unspecified atom stereocenters. The van der Waals surface area contributed by atoms with Gasteiger partial charge in [0.1, 0.15) is 17.6 Å². The maximum Gasteiger partial charge on any atom is 0.310 e. The Morgan fingerprint density at radius 1 is 1.10 bits per heavy atom. The van der Waals surface area contributed by atoms with E-state index >= 15 is 0 Å². The fraction of sp³-hybridized carbons (Fsp3) is 0.435. The average Bonchev–Trinajstić information content (AvgIpc) is 2.69. The maximum absolute atomic E-state index is 12.0. The molecule has 1 aliphatic heterocycles. The number of carbonyl (C=O) groups is 1. The summed E-state index contributed by atoms with van der Waals surface area (Å²) < 4.78 is 5.92.